The first-order valence-electron chi connectivity index (χ1n) is 9.09. The van der Waals surface area contributed by atoms with Crippen LogP contribution in [0.25, 0.3) is 0 Å². The van der Waals surface area contributed by atoms with Gasteiger partial charge in [-0.1, -0.05) is 13.8 Å². The van der Waals surface area contributed by atoms with Crippen LogP contribution in [0.2, 0.25) is 0 Å². The Kier molecular flexibility index (Phi) is 7.79. The molecule has 0 saturated carbocycles. The van der Waals surface area contributed by atoms with Crippen LogP contribution < -0.4 is 5.32 Å². The van der Waals surface area contributed by atoms with Gasteiger partial charge in [-0.25, -0.2) is 17.2 Å². The Morgan fingerprint density at radius 1 is 1.07 bits per heavy atom. The van der Waals surface area contributed by atoms with E-state index in [1.54, 1.807) is 33.8 Å². The smallest absolute Gasteiger partial charge is 0.243 e. The predicted molar refractivity (Wildman–Crippen MR) is 112 cm³/mol. The molecule has 0 fully saturated rings. The molecule has 158 valence electrons. The van der Waals surface area contributed by atoms with E-state index in [4.69, 9.17) is 0 Å². The highest BCUT2D eigenvalue weighted by atomic mass is 32.2. The van der Waals surface area contributed by atoms with Crippen LogP contribution in [0, 0.1) is 25.5 Å². The summed E-state index contributed by atoms with van der Waals surface area (Å²) >= 11 is 1.06. The Morgan fingerprint density at radius 2 is 1.72 bits per heavy atom. The zero-order valence-electron chi connectivity index (χ0n) is 16.8. The molecule has 0 unspecified atom stereocenters. The number of halogens is 2. The van der Waals surface area contributed by atoms with E-state index in [2.05, 4.69) is 5.32 Å². The number of carbonyl (C=O) groups excluding carboxylic acids is 1. The first-order valence-corrected chi connectivity index (χ1v) is 11.5. The van der Waals surface area contributed by atoms with Crippen LogP contribution in [-0.2, 0) is 14.8 Å². The number of hydrogen-bond acceptors (Lipinski definition) is 4. The van der Waals surface area contributed by atoms with Crippen molar-refractivity contribution in [3.05, 3.63) is 53.1 Å². The molecule has 0 heterocycles. The highest BCUT2D eigenvalue weighted by Crippen LogP contribution is 2.27. The molecule has 0 atom stereocenters. The lowest BCUT2D eigenvalue weighted by molar-refractivity contribution is -0.113. The summed E-state index contributed by atoms with van der Waals surface area (Å²) in [5.74, 6) is -2.33. The van der Waals surface area contributed by atoms with Gasteiger partial charge in [0.2, 0.25) is 15.9 Å². The number of thioether (sulfide) groups is 1. The number of aryl methyl sites for hydroxylation is 1. The standard InChI is InChI=1S/C20H24F2N2O3S2/c1-5-24(6-2)29(26,27)16-9-13(3)14(4)19(11-16)23-20(25)12-28-15-7-8-17(21)18(22)10-15/h7-11H,5-6,12H2,1-4H3,(H,23,25). The molecule has 0 aliphatic heterocycles. The average Bonchev–Trinajstić information content (AvgIpc) is 2.66. The molecule has 9 heteroatoms. The van der Waals surface area contributed by atoms with Gasteiger partial charge in [-0.05, 0) is 55.3 Å². The van der Waals surface area contributed by atoms with Gasteiger partial charge in [-0.2, -0.15) is 4.31 Å². The molecule has 0 aliphatic rings. The molecule has 0 spiro atoms. The molecule has 2 aromatic rings. The fourth-order valence-corrected chi connectivity index (χ4v) is 5.01. The Labute approximate surface area is 174 Å². The maximum absolute atomic E-state index is 13.3. The Bertz CT molecular complexity index is 1010. The summed E-state index contributed by atoms with van der Waals surface area (Å²) in [7, 11) is -3.66. The van der Waals surface area contributed by atoms with E-state index in [9.17, 15) is 22.0 Å². The fourth-order valence-electron chi connectivity index (χ4n) is 2.72. The van der Waals surface area contributed by atoms with Gasteiger partial charge in [0, 0.05) is 23.7 Å². The van der Waals surface area contributed by atoms with Crippen molar-refractivity contribution >= 4 is 33.4 Å². The third-order valence-electron chi connectivity index (χ3n) is 4.52. The number of nitrogens with one attached hydrogen (secondary N) is 1. The van der Waals surface area contributed by atoms with Crippen molar-refractivity contribution in [2.75, 3.05) is 24.2 Å². The molecule has 5 nitrogen and oxygen atoms in total. The second-order valence-corrected chi connectivity index (χ2v) is 9.40. The topological polar surface area (TPSA) is 66.5 Å². The van der Waals surface area contributed by atoms with E-state index >= 15 is 0 Å². The van der Waals surface area contributed by atoms with E-state index in [0.29, 0.717) is 23.7 Å². The fraction of sp³-hybridized carbons (Fsp3) is 0.350. The summed E-state index contributed by atoms with van der Waals surface area (Å²) in [6.45, 7) is 7.79. The van der Waals surface area contributed by atoms with E-state index < -0.39 is 21.7 Å². The van der Waals surface area contributed by atoms with Crippen LogP contribution in [0.3, 0.4) is 0 Å². The summed E-state index contributed by atoms with van der Waals surface area (Å²) in [5.41, 5.74) is 1.91. The molecular formula is C20H24F2N2O3S2. The van der Waals surface area contributed by atoms with Crippen molar-refractivity contribution in [2.24, 2.45) is 0 Å². The molecular weight excluding hydrogens is 418 g/mol. The molecule has 0 aromatic heterocycles. The van der Waals surface area contributed by atoms with Crippen LogP contribution in [0.1, 0.15) is 25.0 Å². The van der Waals surface area contributed by atoms with Crippen molar-refractivity contribution in [3.8, 4) is 0 Å². The lowest BCUT2D eigenvalue weighted by atomic mass is 10.1. The van der Waals surface area contributed by atoms with Gasteiger partial charge in [0.1, 0.15) is 0 Å². The molecule has 0 aliphatic carbocycles. The van der Waals surface area contributed by atoms with Gasteiger partial charge in [-0.3, -0.25) is 4.79 Å². The zero-order valence-corrected chi connectivity index (χ0v) is 18.4. The zero-order chi connectivity index (χ0) is 21.8. The number of carbonyl (C=O) groups is 1. The lowest BCUT2D eigenvalue weighted by Crippen LogP contribution is -2.30. The van der Waals surface area contributed by atoms with Crippen molar-refractivity contribution in [3.63, 3.8) is 0 Å². The summed E-state index contributed by atoms with van der Waals surface area (Å²) in [6, 6.07) is 6.47. The van der Waals surface area contributed by atoms with E-state index in [0.717, 1.165) is 35.0 Å². The van der Waals surface area contributed by atoms with E-state index in [1.807, 2.05) is 0 Å². The van der Waals surface area contributed by atoms with Gasteiger partial charge >= 0.3 is 0 Å². The molecule has 1 N–H and O–H groups in total. The number of hydrogen-bond donors (Lipinski definition) is 1. The average molecular weight is 443 g/mol. The molecule has 0 bridgehead atoms. The monoisotopic (exact) mass is 442 g/mol. The van der Waals surface area contributed by atoms with Crippen molar-refractivity contribution in [1.82, 2.24) is 4.31 Å². The highest BCUT2D eigenvalue weighted by Gasteiger charge is 2.23. The Hall–Kier alpha value is -1.97. The quantitative estimate of drug-likeness (QED) is 0.618. The maximum Gasteiger partial charge on any atom is 0.243 e. The normalized spacial score (nSPS) is 11.7. The van der Waals surface area contributed by atoms with Gasteiger partial charge in [0.05, 0.1) is 10.6 Å². The number of rotatable bonds is 8. The van der Waals surface area contributed by atoms with Crippen molar-refractivity contribution in [1.29, 1.82) is 0 Å². The highest BCUT2D eigenvalue weighted by molar-refractivity contribution is 8.00. The number of anilines is 1. The van der Waals surface area contributed by atoms with Crippen molar-refractivity contribution in [2.45, 2.75) is 37.5 Å². The second kappa shape index (κ2) is 9.69. The Morgan fingerprint density at radius 3 is 2.31 bits per heavy atom. The summed E-state index contributed by atoms with van der Waals surface area (Å²) in [6.07, 6.45) is 0. The van der Waals surface area contributed by atoms with Crippen LogP contribution in [0.5, 0.6) is 0 Å². The molecule has 2 rings (SSSR count). The van der Waals surface area contributed by atoms with E-state index in [1.165, 1.54) is 16.4 Å². The van der Waals surface area contributed by atoms with Crippen LogP contribution in [-0.4, -0.2) is 37.5 Å². The number of sulfonamides is 1. The third-order valence-corrected chi connectivity index (χ3v) is 7.54. The van der Waals surface area contributed by atoms with Gasteiger partial charge in [-0.15, -0.1) is 11.8 Å². The number of amides is 1. The van der Waals surface area contributed by atoms with E-state index in [-0.39, 0.29) is 16.6 Å². The first-order chi connectivity index (χ1) is 13.6. The summed E-state index contributed by atoms with van der Waals surface area (Å²) in [5, 5.41) is 2.72. The number of nitrogens with zero attached hydrogens (tertiary/aromatic N) is 1. The van der Waals surface area contributed by atoms with Crippen LogP contribution in [0.4, 0.5) is 14.5 Å². The van der Waals surface area contributed by atoms with Crippen LogP contribution >= 0.6 is 11.8 Å². The summed E-state index contributed by atoms with van der Waals surface area (Å²) < 4.78 is 53.2. The van der Waals surface area contributed by atoms with Gasteiger partial charge in [0.25, 0.3) is 0 Å². The second-order valence-electron chi connectivity index (χ2n) is 6.41. The van der Waals surface area contributed by atoms with Gasteiger partial charge in [0.15, 0.2) is 11.6 Å². The maximum atomic E-state index is 13.3. The van der Waals surface area contributed by atoms with Gasteiger partial charge < -0.3 is 5.32 Å². The molecule has 0 radical (unpaired) electrons. The molecule has 29 heavy (non-hydrogen) atoms. The van der Waals surface area contributed by atoms with Crippen LogP contribution in [0.15, 0.2) is 40.1 Å². The molecule has 2 aromatic carbocycles. The largest absolute Gasteiger partial charge is 0.325 e. The van der Waals surface area contributed by atoms with Crippen molar-refractivity contribution < 1.29 is 22.0 Å². The predicted octanol–water partition coefficient (Wildman–Crippen LogP) is 4.34. The number of benzene rings is 2. The molecule has 0 saturated heterocycles. The summed E-state index contributed by atoms with van der Waals surface area (Å²) in [4.78, 5) is 12.9. The SMILES string of the molecule is CCN(CC)S(=O)(=O)c1cc(C)c(C)c(NC(=O)CSc2ccc(F)c(F)c2)c1. The minimum Gasteiger partial charge on any atom is -0.325 e. The lowest BCUT2D eigenvalue weighted by Gasteiger charge is -2.20. The molecule has 1 amide bonds. The minimum absolute atomic E-state index is 0.0312. The minimum atomic E-state index is -3.66. The Balaban J connectivity index is 2.20. The third kappa shape index (κ3) is 5.55. The first kappa shape index (κ1) is 23.3.